The van der Waals surface area contributed by atoms with Gasteiger partial charge >= 0.3 is 5.97 Å². The molecule has 82 valence electrons. The van der Waals surface area contributed by atoms with E-state index in [0.29, 0.717) is 12.4 Å². The number of halogens is 1. The van der Waals surface area contributed by atoms with E-state index >= 15 is 0 Å². The Morgan fingerprint density at radius 2 is 2.27 bits per heavy atom. The topological polar surface area (TPSA) is 72.5 Å². The summed E-state index contributed by atoms with van der Waals surface area (Å²) in [6.45, 7) is 0.485. The Kier molecular flexibility index (Phi) is 3.55. The Morgan fingerprint density at radius 1 is 1.53 bits per heavy atom. The zero-order valence-corrected chi connectivity index (χ0v) is 8.79. The van der Waals surface area contributed by atoms with E-state index in [1.807, 2.05) is 6.07 Å². The molecule has 2 rings (SSSR count). The molecule has 0 amide bonds. The van der Waals surface area contributed by atoms with Crippen LogP contribution in [0.1, 0.15) is 28.4 Å². The third-order valence-electron chi connectivity index (χ3n) is 2.35. The monoisotopic (exact) mass is 229 g/mol. The second-order valence-corrected chi connectivity index (χ2v) is 3.27. The fourth-order valence-corrected chi connectivity index (χ4v) is 1.62. The Morgan fingerprint density at radius 3 is 2.93 bits per heavy atom. The number of hydrogen-bond acceptors (Lipinski definition) is 3. The van der Waals surface area contributed by atoms with Gasteiger partial charge < -0.3 is 15.6 Å². The summed E-state index contributed by atoms with van der Waals surface area (Å²) in [5, 5.41) is 8.91. The first-order valence-corrected chi connectivity index (χ1v) is 4.44. The van der Waals surface area contributed by atoms with Crippen LogP contribution >= 0.6 is 12.4 Å². The van der Waals surface area contributed by atoms with E-state index in [0.717, 1.165) is 12.0 Å². The van der Waals surface area contributed by atoms with Crippen molar-refractivity contribution < 1.29 is 14.6 Å². The number of para-hydroxylation sites is 1. The van der Waals surface area contributed by atoms with Gasteiger partial charge in [0.1, 0.15) is 11.3 Å². The minimum Gasteiger partial charge on any atom is -0.492 e. The highest BCUT2D eigenvalue weighted by Gasteiger charge is 2.22. The molecule has 5 heteroatoms. The molecule has 0 aromatic heterocycles. The van der Waals surface area contributed by atoms with Crippen molar-refractivity contribution in [3.05, 3.63) is 29.3 Å². The number of carboxylic acid groups (broad SMARTS) is 1. The van der Waals surface area contributed by atoms with Gasteiger partial charge in [-0.1, -0.05) is 12.1 Å². The molecule has 1 aliphatic rings. The van der Waals surface area contributed by atoms with Crippen LogP contribution in [-0.2, 0) is 0 Å². The quantitative estimate of drug-likeness (QED) is 0.767. The van der Waals surface area contributed by atoms with E-state index in [2.05, 4.69) is 0 Å². The van der Waals surface area contributed by atoms with Crippen LogP contribution in [0.5, 0.6) is 5.75 Å². The van der Waals surface area contributed by atoms with Crippen LogP contribution in [0.2, 0.25) is 0 Å². The van der Waals surface area contributed by atoms with Crippen molar-refractivity contribution in [1.82, 2.24) is 0 Å². The molecule has 1 aromatic rings. The molecular formula is C10H12ClNO3. The average Bonchev–Trinajstić information content (AvgIpc) is 2.17. The molecule has 0 fully saturated rings. The summed E-state index contributed by atoms with van der Waals surface area (Å²) < 4.78 is 5.33. The Balaban J connectivity index is 0.00000112. The first kappa shape index (κ1) is 11.8. The van der Waals surface area contributed by atoms with E-state index in [4.69, 9.17) is 15.6 Å². The Bertz CT molecular complexity index is 381. The molecule has 0 saturated carbocycles. The largest absolute Gasteiger partial charge is 0.492 e. The van der Waals surface area contributed by atoms with Crippen LogP contribution in [0.3, 0.4) is 0 Å². The van der Waals surface area contributed by atoms with Crippen molar-refractivity contribution in [2.24, 2.45) is 5.73 Å². The third kappa shape index (κ3) is 2.06. The lowest BCUT2D eigenvalue weighted by Gasteiger charge is -2.23. The average molecular weight is 230 g/mol. The molecule has 1 heterocycles. The van der Waals surface area contributed by atoms with Crippen LogP contribution in [-0.4, -0.2) is 17.7 Å². The second-order valence-electron chi connectivity index (χ2n) is 3.27. The van der Waals surface area contributed by atoms with Gasteiger partial charge in [0.25, 0.3) is 0 Å². The van der Waals surface area contributed by atoms with Gasteiger partial charge in [0.15, 0.2) is 0 Å². The molecule has 3 N–H and O–H groups in total. The molecule has 1 aliphatic heterocycles. The molecule has 4 nitrogen and oxygen atoms in total. The summed E-state index contributed by atoms with van der Waals surface area (Å²) in [6, 6.07) is 4.92. The van der Waals surface area contributed by atoms with Gasteiger partial charge in [-0.15, -0.1) is 12.4 Å². The van der Waals surface area contributed by atoms with Gasteiger partial charge in [0.2, 0.25) is 0 Å². The summed E-state index contributed by atoms with van der Waals surface area (Å²) in [5.74, 6) is -0.547. The van der Waals surface area contributed by atoms with Gasteiger partial charge in [-0.2, -0.15) is 0 Å². The number of nitrogens with two attached hydrogens (primary N) is 1. The van der Waals surface area contributed by atoms with E-state index < -0.39 is 5.97 Å². The Hall–Kier alpha value is -1.26. The van der Waals surface area contributed by atoms with Crippen LogP contribution < -0.4 is 10.5 Å². The minimum absolute atomic E-state index is 0. The predicted octanol–water partition coefficient (Wildman–Crippen LogP) is 1.59. The second kappa shape index (κ2) is 4.51. The SMILES string of the molecule is Cl.N[C@H]1CCOc2c(C(=O)O)cccc21. The molecule has 1 atom stereocenters. The van der Waals surface area contributed by atoms with Crippen LogP contribution in [0.4, 0.5) is 0 Å². The molecule has 1 aromatic carbocycles. The van der Waals surface area contributed by atoms with E-state index in [1.165, 1.54) is 6.07 Å². The number of carboxylic acids is 1. The number of ether oxygens (including phenoxy) is 1. The van der Waals surface area contributed by atoms with Crippen molar-refractivity contribution >= 4 is 18.4 Å². The summed E-state index contributed by atoms with van der Waals surface area (Å²) >= 11 is 0. The normalized spacial score (nSPS) is 18.3. The van der Waals surface area contributed by atoms with E-state index in [1.54, 1.807) is 6.07 Å². The number of aromatic carboxylic acids is 1. The van der Waals surface area contributed by atoms with Gasteiger partial charge in [-0.3, -0.25) is 0 Å². The highest BCUT2D eigenvalue weighted by atomic mass is 35.5. The van der Waals surface area contributed by atoms with Crippen molar-refractivity contribution in [3.63, 3.8) is 0 Å². The molecular weight excluding hydrogens is 218 g/mol. The third-order valence-corrected chi connectivity index (χ3v) is 2.35. The van der Waals surface area contributed by atoms with Crippen molar-refractivity contribution in [2.75, 3.05) is 6.61 Å². The van der Waals surface area contributed by atoms with Gasteiger partial charge in [0.05, 0.1) is 6.61 Å². The Labute approximate surface area is 93.4 Å². The summed E-state index contributed by atoms with van der Waals surface area (Å²) in [7, 11) is 0. The number of fused-ring (bicyclic) bond motifs is 1. The minimum atomic E-state index is -0.976. The number of hydrogen-bond donors (Lipinski definition) is 2. The highest BCUT2D eigenvalue weighted by molar-refractivity contribution is 5.91. The molecule has 0 aliphatic carbocycles. The highest BCUT2D eigenvalue weighted by Crippen LogP contribution is 2.33. The van der Waals surface area contributed by atoms with Crippen LogP contribution in [0.25, 0.3) is 0 Å². The molecule has 0 radical (unpaired) electrons. The first-order chi connectivity index (χ1) is 6.70. The van der Waals surface area contributed by atoms with E-state index in [-0.39, 0.29) is 24.0 Å². The maximum Gasteiger partial charge on any atom is 0.339 e. The van der Waals surface area contributed by atoms with Crippen molar-refractivity contribution in [3.8, 4) is 5.75 Å². The molecule has 0 bridgehead atoms. The lowest BCUT2D eigenvalue weighted by molar-refractivity contribution is 0.0691. The van der Waals surface area contributed by atoms with E-state index in [9.17, 15) is 4.79 Å². The zero-order chi connectivity index (χ0) is 10.1. The van der Waals surface area contributed by atoms with Crippen LogP contribution in [0, 0.1) is 0 Å². The summed E-state index contributed by atoms with van der Waals surface area (Å²) in [6.07, 6.45) is 0.732. The first-order valence-electron chi connectivity index (χ1n) is 4.44. The zero-order valence-electron chi connectivity index (χ0n) is 7.97. The molecule has 15 heavy (non-hydrogen) atoms. The van der Waals surface area contributed by atoms with Gasteiger partial charge in [0, 0.05) is 18.0 Å². The maximum atomic E-state index is 10.9. The molecule has 0 unspecified atom stereocenters. The number of rotatable bonds is 1. The smallest absolute Gasteiger partial charge is 0.339 e. The fourth-order valence-electron chi connectivity index (χ4n) is 1.62. The van der Waals surface area contributed by atoms with Gasteiger partial charge in [-0.05, 0) is 6.07 Å². The molecule has 0 saturated heterocycles. The fraction of sp³-hybridized carbons (Fsp3) is 0.300. The predicted molar refractivity (Wildman–Crippen MR) is 57.7 cm³/mol. The standard InChI is InChI=1S/C10H11NO3.ClH/c11-8-4-5-14-9-6(8)2-1-3-7(9)10(12)13;/h1-3,8H,4-5,11H2,(H,12,13);1H/t8-;/m0./s1. The molecule has 0 spiro atoms. The number of carbonyl (C=O) groups is 1. The summed E-state index contributed by atoms with van der Waals surface area (Å²) in [4.78, 5) is 10.9. The maximum absolute atomic E-state index is 10.9. The lowest BCUT2D eigenvalue weighted by atomic mass is 9.98. The van der Waals surface area contributed by atoms with Crippen LogP contribution in [0.15, 0.2) is 18.2 Å². The number of benzene rings is 1. The van der Waals surface area contributed by atoms with Crippen molar-refractivity contribution in [1.29, 1.82) is 0 Å². The van der Waals surface area contributed by atoms with Gasteiger partial charge in [-0.25, -0.2) is 4.79 Å². The van der Waals surface area contributed by atoms with Crippen molar-refractivity contribution in [2.45, 2.75) is 12.5 Å². The summed E-state index contributed by atoms with van der Waals surface area (Å²) in [5.41, 5.74) is 6.82. The lowest BCUT2D eigenvalue weighted by Crippen LogP contribution is -2.22.